The summed E-state index contributed by atoms with van der Waals surface area (Å²) in [4.78, 5) is 0. The molecule has 0 amide bonds. The lowest BCUT2D eigenvalue weighted by Gasteiger charge is -2.72. The van der Waals surface area contributed by atoms with Crippen molar-refractivity contribution in [2.24, 2.45) is 28.6 Å². The average Bonchev–Trinajstić information content (AvgIpc) is 2.22. The summed E-state index contributed by atoms with van der Waals surface area (Å²) in [5.41, 5.74) is 0.137. The van der Waals surface area contributed by atoms with Crippen molar-refractivity contribution in [2.75, 3.05) is 0 Å². The summed E-state index contributed by atoms with van der Waals surface area (Å²) in [6, 6.07) is 0. The third kappa shape index (κ3) is 0.939. The van der Waals surface area contributed by atoms with Crippen LogP contribution in [-0.2, 0) is 0 Å². The molecular weight excluding hydrogens is 196 g/mol. The zero-order valence-electron chi connectivity index (χ0n) is 11.2. The van der Waals surface area contributed by atoms with E-state index in [1.54, 1.807) is 0 Å². The van der Waals surface area contributed by atoms with Crippen LogP contribution in [0.1, 0.15) is 59.8 Å². The van der Waals surface area contributed by atoms with Crippen LogP contribution in [-0.4, -0.2) is 10.7 Å². The van der Waals surface area contributed by atoms with Gasteiger partial charge in [0.05, 0.1) is 5.60 Å². The lowest BCUT2D eigenvalue weighted by atomic mass is 9.34. The Labute approximate surface area is 99.6 Å². The molecule has 4 rings (SSSR count). The molecular formula is C15H26O. The second kappa shape index (κ2) is 2.85. The predicted molar refractivity (Wildman–Crippen MR) is 66.1 cm³/mol. The van der Waals surface area contributed by atoms with E-state index in [0.717, 1.165) is 11.8 Å². The molecule has 4 aliphatic rings. The first-order valence-electron chi connectivity index (χ1n) is 7.05. The fourth-order valence-electron chi connectivity index (χ4n) is 5.68. The molecule has 6 unspecified atom stereocenters. The Morgan fingerprint density at radius 2 is 1.75 bits per heavy atom. The highest BCUT2D eigenvalue weighted by Gasteiger charge is 2.69. The van der Waals surface area contributed by atoms with Gasteiger partial charge in [-0.15, -0.1) is 0 Å². The third-order valence-electron chi connectivity index (χ3n) is 7.33. The molecule has 4 aliphatic carbocycles. The molecule has 1 heteroatoms. The molecule has 16 heavy (non-hydrogen) atoms. The van der Waals surface area contributed by atoms with Crippen LogP contribution in [0.15, 0.2) is 0 Å². The molecule has 4 saturated carbocycles. The van der Waals surface area contributed by atoms with E-state index >= 15 is 0 Å². The Balaban J connectivity index is 2.13. The molecule has 6 atom stereocenters. The molecule has 1 N–H and O–H groups in total. The molecule has 4 fully saturated rings. The number of fused-ring (bicyclic) bond motifs is 1. The van der Waals surface area contributed by atoms with Crippen LogP contribution in [0.5, 0.6) is 0 Å². The van der Waals surface area contributed by atoms with Crippen molar-refractivity contribution in [3.8, 4) is 0 Å². The topological polar surface area (TPSA) is 20.2 Å². The Hall–Kier alpha value is -0.0400. The highest BCUT2D eigenvalue weighted by atomic mass is 16.3. The summed E-state index contributed by atoms with van der Waals surface area (Å²) in [6.45, 7) is 9.40. The van der Waals surface area contributed by atoms with Crippen molar-refractivity contribution in [1.82, 2.24) is 0 Å². The van der Waals surface area contributed by atoms with Crippen molar-refractivity contribution in [2.45, 2.75) is 65.4 Å². The lowest BCUT2D eigenvalue weighted by molar-refractivity contribution is -0.280. The van der Waals surface area contributed by atoms with E-state index in [-0.39, 0.29) is 5.41 Å². The van der Waals surface area contributed by atoms with E-state index in [9.17, 15) is 5.11 Å². The molecule has 92 valence electrons. The van der Waals surface area contributed by atoms with Gasteiger partial charge < -0.3 is 5.11 Å². The average molecular weight is 222 g/mol. The van der Waals surface area contributed by atoms with Crippen LogP contribution in [0.2, 0.25) is 0 Å². The molecule has 0 aromatic rings. The molecule has 0 heterocycles. The summed E-state index contributed by atoms with van der Waals surface area (Å²) >= 11 is 0. The van der Waals surface area contributed by atoms with E-state index in [1.165, 1.54) is 32.1 Å². The summed E-state index contributed by atoms with van der Waals surface area (Å²) in [5.74, 6) is 2.30. The van der Waals surface area contributed by atoms with Gasteiger partial charge in [-0.05, 0) is 62.2 Å². The van der Waals surface area contributed by atoms with Crippen molar-refractivity contribution in [3.63, 3.8) is 0 Å². The smallest absolute Gasteiger partial charge is 0.0706 e. The highest BCUT2D eigenvalue weighted by molar-refractivity contribution is 5.18. The SMILES string of the molecule is CC1CCC2(C)C(C)(O)C3CCC2(C)C1C3. The van der Waals surface area contributed by atoms with Crippen LogP contribution < -0.4 is 0 Å². The summed E-state index contributed by atoms with van der Waals surface area (Å²) in [5, 5.41) is 11.0. The maximum atomic E-state index is 11.0. The van der Waals surface area contributed by atoms with Crippen LogP contribution in [0, 0.1) is 28.6 Å². The van der Waals surface area contributed by atoms with Crippen LogP contribution in [0.3, 0.4) is 0 Å². The molecule has 1 nitrogen and oxygen atoms in total. The van der Waals surface area contributed by atoms with Gasteiger partial charge in [0.1, 0.15) is 0 Å². The largest absolute Gasteiger partial charge is 0.389 e. The first-order valence-corrected chi connectivity index (χ1v) is 7.05. The van der Waals surface area contributed by atoms with Gasteiger partial charge in [-0.2, -0.15) is 0 Å². The van der Waals surface area contributed by atoms with Crippen LogP contribution in [0.25, 0.3) is 0 Å². The predicted octanol–water partition coefficient (Wildman–Crippen LogP) is 3.61. The minimum Gasteiger partial charge on any atom is -0.389 e. The van der Waals surface area contributed by atoms with E-state index in [4.69, 9.17) is 0 Å². The second-order valence-electron chi connectivity index (χ2n) is 7.49. The van der Waals surface area contributed by atoms with Crippen molar-refractivity contribution < 1.29 is 5.11 Å². The Kier molecular flexibility index (Phi) is 1.98. The van der Waals surface area contributed by atoms with Gasteiger partial charge in [0.15, 0.2) is 0 Å². The van der Waals surface area contributed by atoms with Gasteiger partial charge in [-0.25, -0.2) is 0 Å². The van der Waals surface area contributed by atoms with Crippen molar-refractivity contribution in [1.29, 1.82) is 0 Å². The van der Waals surface area contributed by atoms with Crippen LogP contribution >= 0.6 is 0 Å². The number of hydrogen-bond acceptors (Lipinski definition) is 1. The van der Waals surface area contributed by atoms with Crippen molar-refractivity contribution >= 4 is 0 Å². The third-order valence-corrected chi connectivity index (χ3v) is 7.33. The first kappa shape index (κ1) is 11.1. The minimum atomic E-state index is -0.420. The molecule has 0 radical (unpaired) electrons. The monoisotopic (exact) mass is 222 g/mol. The Bertz CT molecular complexity index is 321. The van der Waals surface area contributed by atoms with Gasteiger partial charge in [0.2, 0.25) is 0 Å². The minimum absolute atomic E-state index is 0.165. The van der Waals surface area contributed by atoms with E-state index in [1.807, 2.05) is 0 Å². The summed E-state index contributed by atoms with van der Waals surface area (Å²) in [6.07, 6.45) is 6.42. The van der Waals surface area contributed by atoms with Crippen molar-refractivity contribution in [3.05, 3.63) is 0 Å². The quantitative estimate of drug-likeness (QED) is 0.664. The maximum Gasteiger partial charge on any atom is 0.0706 e. The fraction of sp³-hybridized carbons (Fsp3) is 1.00. The van der Waals surface area contributed by atoms with Gasteiger partial charge in [-0.3, -0.25) is 0 Å². The van der Waals surface area contributed by atoms with Gasteiger partial charge in [-0.1, -0.05) is 20.8 Å². The van der Waals surface area contributed by atoms with E-state index in [0.29, 0.717) is 11.3 Å². The number of aliphatic hydroxyl groups is 1. The highest BCUT2D eigenvalue weighted by Crippen LogP contribution is 2.72. The zero-order valence-corrected chi connectivity index (χ0v) is 11.2. The molecule has 0 spiro atoms. The van der Waals surface area contributed by atoms with Gasteiger partial charge >= 0.3 is 0 Å². The number of hydrogen-bond donors (Lipinski definition) is 1. The first-order chi connectivity index (χ1) is 7.33. The van der Waals surface area contributed by atoms with Crippen LogP contribution in [0.4, 0.5) is 0 Å². The summed E-state index contributed by atoms with van der Waals surface area (Å²) in [7, 11) is 0. The standard InChI is InChI=1S/C15H26O/c1-10-5-8-14(3)13(2)7-6-11(9-12(10)13)15(14,4)16/h10-12,16H,5-9H2,1-4H3. The molecule has 0 aliphatic heterocycles. The van der Waals surface area contributed by atoms with E-state index < -0.39 is 5.60 Å². The normalized spacial score (nSPS) is 64.7. The molecule has 4 bridgehead atoms. The molecule has 0 aromatic carbocycles. The molecule has 0 saturated heterocycles. The maximum absolute atomic E-state index is 11.0. The zero-order chi connectivity index (χ0) is 11.8. The number of rotatable bonds is 0. The Morgan fingerprint density at radius 3 is 2.44 bits per heavy atom. The Morgan fingerprint density at radius 1 is 1.06 bits per heavy atom. The van der Waals surface area contributed by atoms with Gasteiger partial charge in [0.25, 0.3) is 0 Å². The fourth-order valence-corrected chi connectivity index (χ4v) is 5.68. The second-order valence-corrected chi connectivity index (χ2v) is 7.49. The van der Waals surface area contributed by atoms with E-state index in [2.05, 4.69) is 27.7 Å². The lowest BCUT2D eigenvalue weighted by Crippen LogP contribution is -2.70. The summed E-state index contributed by atoms with van der Waals surface area (Å²) < 4.78 is 0. The molecule has 0 aromatic heterocycles. The van der Waals surface area contributed by atoms with Gasteiger partial charge in [0, 0.05) is 5.41 Å².